The van der Waals surface area contributed by atoms with Crippen molar-refractivity contribution in [3.63, 3.8) is 0 Å². The quantitative estimate of drug-likeness (QED) is 0.378. The van der Waals surface area contributed by atoms with Crippen LogP contribution in [0.4, 0.5) is 10.5 Å². The first-order chi connectivity index (χ1) is 16.8. The maximum Gasteiger partial charge on any atom is 0.335 e. The average Bonchev–Trinajstić information content (AvgIpc) is 2.83. The average molecular weight is 491 g/mol. The molecule has 0 spiro atoms. The fourth-order valence-electron chi connectivity index (χ4n) is 3.72. The summed E-state index contributed by atoms with van der Waals surface area (Å²) in [6.45, 7) is 3.96. The van der Waals surface area contributed by atoms with Gasteiger partial charge in [0, 0.05) is 16.7 Å². The van der Waals surface area contributed by atoms with Gasteiger partial charge in [-0.15, -0.1) is 0 Å². The fourth-order valence-corrected chi connectivity index (χ4v) is 3.89. The molecule has 35 heavy (non-hydrogen) atoms. The van der Waals surface area contributed by atoms with Gasteiger partial charge < -0.3 is 9.47 Å². The van der Waals surface area contributed by atoms with Crippen LogP contribution in [0.1, 0.15) is 22.3 Å². The Hall–Kier alpha value is -4.10. The number of nitrogens with one attached hydrogen (secondary N) is 1. The van der Waals surface area contributed by atoms with Gasteiger partial charge in [-0.05, 0) is 55.3 Å². The lowest BCUT2D eigenvalue weighted by Crippen LogP contribution is -2.54. The van der Waals surface area contributed by atoms with E-state index in [9.17, 15) is 14.4 Å². The van der Waals surface area contributed by atoms with Gasteiger partial charge in [0.05, 0.1) is 12.8 Å². The Balaban J connectivity index is 1.71. The molecule has 1 heterocycles. The van der Waals surface area contributed by atoms with E-state index in [2.05, 4.69) is 5.32 Å². The van der Waals surface area contributed by atoms with Crippen LogP contribution >= 0.6 is 11.6 Å². The normalized spacial score (nSPS) is 14.8. The molecule has 8 heteroatoms. The Kier molecular flexibility index (Phi) is 6.89. The lowest BCUT2D eigenvalue weighted by molar-refractivity contribution is -0.122. The van der Waals surface area contributed by atoms with E-state index in [-0.39, 0.29) is 12.2 Å². The molecule has 0 bridgehead atoms. The predicted octanol–water partition coefficient (Wildman–Crippen LogP) is 5.21. The minimum Gasteiger partial charge on any atom is -0.497 e. The molecule has 7 nitrogen and oxygen atoms in total. The number of hydrogen-bond acceptors (Lipinski definition) is 5. The van der Waals surface area contributed by atoms with Crippen molar-refractivity contribution in [2.24, 2.45) is 0 Å². The third-order valence-electron chi connectivity index (χ3n) is 5.58. The molecule has 0 unspecified atom stereocenters. The molecule has 4 rings (SSSR count). The highest BCUT2D eigenvalue weighted by atomic mass is 35.5. The lowest BCUT2D eigenvalue weighted by Gasteiger charge is -2.28. The van der Waals surface area contributed by atoms with Gasteiger partial charge in [-0.25, -0.2) is 9.69 Å². The molecule has 0 atom stereocenters. The zero-order valence-corrected chi connectivity index (χ0v) is 20.2. The van der Waals surface area contributed by atoms with E-state index in [0.717, 1.165) is 16.0 Å². The minimum absolute atomic E-state index is 0.213. The number of hydrogen-bond donors (Lipinski definition) is 1. The number of methoxy groups -OCH3 is 1. The van der Waals surface area contributed by atoms with E-state index in [1.54, 1.807) is 43.3 Å². The number of imide groups is 2. The van der Waals surface area contributed by atoms with Crippen LogP contribution in [0.5, 0.6) is 11.5 Å². The number of halogens is 1. The number of benzene rings is 3. The SMILES string of the molecule is COc1ccc(/C=C2\C(=O)NC(=O)N(c3cccc(Cl)c3C)C2=O)c(OCc2cccc(C)c2)c1. The fraction of sp³-hybridized carbons (Fsp3) is 0.148. The molecule has 1 saturated heterocycles. The van der Waals surface area contributed by atoms with Crippen molar-refractivity contribution >= 4 is 41.2 Å². The summed E-state index contributed by atoms with van der Waals surface area (Å²) in [5.74, 6) is -0.584. The van der Waals surface area contributed by atoms with Gasteiger partial charge in [0.2, 0.25) is 0 Å². The molecule has 178 valence electrons. The number of aryl methyl sites for hydroxylation is 1. The summed E-state index contributed by atoms with van der Waals surface area (Å²) in [6, 6.07) is 17.0. The largest absolute Gasteiger partial charge is 0.497 e. The number of carbonyl (C=O) groups excluding carboxylic acids is 3. The number of urea groups is 1. The zero-order chi connectivity index (χ0) is 25.1. The first kappa shape index (κ1) is 24.0. The molecule has 3 aromatic carbocycles. The second-order valence-electron chi connectivity index (χ2n) is 8.02. The maximum atomic E-state index is 13.3. The molecular weight excluding hydrogens is 468 g/mol. The molecule has 3 aromatic rings. The van der Waals surface area contributed by atoms with Crippen LogP contribution < -0.4 is 19.7 Å². The first-order valence-corrected chi connectivity index (χ1v) is 11.2. The van der Waals surface area contributed by atoms with Gasteiger partial charge in [-0.1, -0.05) is 47.5 Å². The number of ether oxygens (including phenoxy) is 2. The summed E-state index contributed by atoms with van der Waals surface area (Å²) in [5, 5.41) is 2.63. The molecule has 0 saturated carbocycles. The standard InChI is InChI=1S/C27H23ClN2O5/c1-16-6-4-7-18(12-16)15-35-24-14-20(34-3)11-10-19(24)13-21-25(31)29-27(33)30(26(21)32)23-9-5-8-22(28)17(23)2/h4-14H,15H2,1-3H3,(H,29,31,33)/b21-13+. The van der Waals surface area contributed by atoms with Crippen molar-refractivity contribution in [2.75, 3.05) is 12.0 Å². The molecule has 0 radical (unpaired) electrons. The van der Waals surface area contributed by atoms with E-state index < -0.39 is 17.8 Å². The van der Waals surface area contributed by atoms with Crippen molar-refractivity contribution in [2.45, 2.75) is 20.5 Å². The molecule has 0 aromatic heterocycles. The molecule has 0 aliphatic carbocycles. The predicted molar refractivity (Wildman–Crippen MR) is 134 cm³/mol. The van der Waals surface area contributed by atoms with Crippen LogP contribution in [0, 0.1) is 13.8 Å². The highest BCUT2D eigenvalue weighted by Crippen LogP contribution is 2.32. The van der Waals surface area contributed by atoms with Crippen LogP contribution in [0.2, 0.25) is 5.02 Å². The Morgan fingerprint density at radius 1 is 1.00 bits per heavy atom. The van der Waals surface area contributed by atoms with Crippen LogP contribution in [0.25, 0.3) is 6.08 Å². The van der Waals surface area contributed by atoms with Gasteiger partial charge in [0.25, 0.3) is 11.8 Å². The Morgan fingerprint density at radius 3 is 2.51 bits per heavy atom. The number of amides is 4. The van der Waals surface area contributed by atoms with E-state index in [1.165, 1.54) is 13.2 Å². The van der Waals surface area contributed by atoms with Crippen molar-refractivity contribution in [3.8, 4) is 11.5 Å². The van der Waals surface area contributed by atoms with Gasteiger partial charge in [0.1, 0.15) is 23.7 Å². The van der Waals surface area contributed by atoms with E-state index in [0.29, 0.717) is 33.3 Å². The van der Waals surface area contributed by atoms with Crippen LogP contribution in [-0.4, -0.2) is 25.0 Å². The summed E-state index contributed by atoms with van der Waals surface area (Å²) in [6.07, 6.45) is 1.40. The summed E-state index contributed by atoms with van der Waals surface area (Å²) >= 11 is 6.19. The van der Waals surface area contributed by atoms with Crippen molar-refractivity contribution in [3.05, 3.63) is 93.5 Å². The van der Waals surface area contributed by atoms with Crippen molar-refractivity contribution < 1.29 is 23.9 Å². The summed E-state index contributed by atoms with van der Waals surface area (Å²) in [5.41, 5.74) is 3.17. The number of anilines is 1. The summed E-state index contributed by atoms with van der Waals surface area (Å²) < 4.78 is 11.3. The monoisotopic (exact) mass is 490 g/mol. The van der Waals surface area contributed by atoms with E-state index >= 15 is 0 Å². The molecule has 1 N–H and O–H groups in total. The number of rotatable bonds is 6. The molecule has 1 aliphatic rings. The molecule has 1 fully saturated rings. The molecular formula is C27H23ClN2O5. The third-order valence-corrected chi connectivity index (χ3v) is 5.99. The van der Waals surface area contributed by atoms with Crippen LogP contribution in [0.3, 0.4) is 0 Å². The second kappa shape index (κ2) is 10.0. The van der Waals surface area contributed by atoms with Crippen LogP contribution in [-0.2, 0) is 16.2 Å². The molecule has 1 aliphatic heterocycles. The number of barbiturate groups is 1. The highest BCUT2D eigenvalue weighted by Gasteiger charge is 2.37. The van der Waals surface area contributed by atoms with E-state index in [1.807, 2.05) is 31.2 Å². The smallest absolute Gasteiger partial charge is 0.335 e. The second-order valence-corrected chi connectivity index (χ2v) is 8.43. The van der Waals surface area contributed by atoms with Crippen LogP contribution in [0.15, 0.2) is 66.2 Å². The molecule has 4 amide bonds. The third kappa shape index (κ3) is 5.05. The van der Waals surface area contributed by atoms with Gasteiger partial charge in [0.15, 0.2) is 0 Å². The topological polar surface area (TPSA) is 84.9 Å². The Labute approximate surface area is 207 Å². The van der Waals surface area contributed by atoms with Gasteiger partial charge >= 0.3 is 6.03 Å². The first-order valence-electron chi connectivity index (χ1n) is 10.8. The van der Waals surface area contributed by atoms with Crippen molar-refractivity contribution in [1.82, 2.24) is 5.32 Å². The van der Waals surface area contributed by atoms with Gasteiger partial charge in [-0.3, -0.25) is 14.9 Å². The zero-order valence-electron chi connectivity index (χ0n) is 19.4. The lowest BCUT2D eigenvalue weighted by atomic mass is 10.0. The minimum atomic E-state index is -0.840. The van der Waals surface area contributed by atoms with E-state index in [4.69, 9.17) is 21.1 Å². The summed E-state index contributed by atoms with van der Waals surface area (Å²) in [7, 11) is 1.53. The number of nitrogens with zero attached hydrogens (tertiary/aromatic N) is 1. The highest BCUT2D eigenvalue weighted by molar-refractivity contribution is 6.40. The van der Waals surface area contributed by atoms with Crippen molar-refractivity contribution in [1.29, 1.82) is 0 Å². The Morgan fingerprint density at radius 2 is 1.77 bits per heavy atom. The number of carbonyl (C=O) groups is 3. The Bertz CT molecular complexity index is 1370. The maximum absolute atomic E-state index is 13.3. The summed E-state index contributed by atoms with van der Waals surface area (Å²) in [4.78, 5) is 39.5. The van der Waals surface area contributed by atoms with Gasteiger partial charge in [-0.2, -0.15) is 0 Å².